The number of unbranched alkanes of at least 4 members (excludes halogenated alkanes) is 1. The average Bonchev–Trinajstić information content (AvgIpc) is 3.08. The third kappa shape index (κ3) is 5.33. The second kappa shape index (κ2) is 11.3. The first-order valence-electron chi connectivity index (χ1n) is 12.9. The Bertz CT molecular complexity index is 1470. The van der Waals surface area contributed by atoms with Crippen LogP contribution in [0.3, 0.4) is 0 Å². The molecule has 2 aromatic carbocycles. The van der Waals surface area contributed by atoms with Crippen LogP contribution in [0.4, 0.5) is 10.2 Å². The quantitative estimate of drug-likeness (QED) is 0.281. The van der Waals surface area contributed by atoms with E-state index in [1.807, 2.05) is 11.8 Å². The molecule has 1 saturated heterocycles. The van der Waals surface area contributed by atoms with Crippen LogP contribution in [0, 0.1) is 12.7 Å². The summed E-state index contributed by atoms with van der Waals surface area (Å²) in [6.45, 7) is 6.61. The van der Waals surface area contributed by atoms with Crippen molar-refractivity contribution in [2.24, 2.45) is 0 Å². The summed E-state index contributed by atoms with van der Waals surface area (Å²) in [6, 6.07) is 11.2. The van der Waals surface area contributed by atoms with Gasteiger partial charge in [0.15, 0.2) is 5.65 Å². The van der Waals surface area contributed by atoms with Crippen molar-refractivity contribution < 1.29 is 9.18 Å². The van der Waals surface area contributed by atoms with Crippen molar-refractivity contribution >= 4 is 46.0 Å². The van der Waals surface area contributed by atoms with Gasteiger partial charge in [-0.05, 0) is 62.2 Å². The van der Waals surface area contributed by atoms with Crippen LogP contribution in [0.15, 0.2) is 42.5 Å². The number of carbonyl (C=O) groups excluding carboxylic acids is 1. The van der Waals surface area contributed by atoms with Crippen molar-refractivity contribution in [1.29, 1.82) is 0 Å². The Hall–Kier alpha value is -3.23. The molecule has 1 aliphatic rings. The molecule has 0 aliphatic carbocycles. The lowest BCUT2D eigenvalue weighted by Gasteiger charge is -2.24. The van der Waals surface area contributed by atoms with Gasteiger partial charge in [0.25, 0.3) is 5.91 Å². The smallest absolute Gasteiger partial charge is 0.253 e. The van der Waals surface area contributed by atoms with Crippen LogP contribution in [-0.4, -0.2) is 56.7 Å². The number of hydrogen-bond acceptors (Lipinski definition) is 5. The first-order chi connectivity index (χ1) is 18.4. The highest BCUT2D eigenvalue weighted by Crippen LogP contribution is 2.30. The summed E-state index contributed by atoms with van der Waals surface area (Å²) in [7, 11) is 0. The Morgan fingerprint density at radius 1 is 1.00 bits per heavy atom. The minimum absolute atomic E-state index is 0.0674. The predicted octanol–water partition coefficient (Wildman–Crippen LogP) is 6.26. The Kier molecular flexibility index (Phi) is 7.81. The predicted molar refractivity (Wildman–Crippen MR) is 149 cm³/mol. The lowest BCUT2D eigenvalue weighted by molar-refractivity contribution is 0.0767. The van der Waals surface area contributed by atoms with Crippen LogP contribution >= 0.6 is 23.2 Å². The van der Waals surface area contributed by atoms with E-state index in [1.54, 1.807) is 35.0 Å². The molecule has 0 radical (unpaired) electrons. The molecule has 0 atom stereocenters. The number of rotatable bonds is 6. The molecule has 7 nitrogen and oxygen atoms in total. The molecule has 10 heteroatoms. The van der Waals surface area contributed by atoms with E-state index in [0.29, 0.717) is 40.9 Å². The Labute approximate surface area is 231 Å². The zero-order valence-electron chi connectivity index (χ0n) is 21.4. The summed E-state index contributed by atoms with van der Waals surface area (Å²) in [5, 5.41) is 6.43. The van der Waals surface area contributed by atoms with Gasteiger partial charge in [0, 0.05) is 38.2 Å². The van der Waals surface area contributed by atoms with Crippen molar-refractivity contribution in [3.05, 3.63) is 75.4 Å². The van der Waals surface area contributed by atoms with E-state index in [9.17, 15) is 9.18 Å². The van der Waals surface area contributed by atoms with Crippen LogP contribution < -0.4 is 4.90 Å². The molecular formula is C28H29Cl2FN6O. The van der Waals surface area contributed by atoms with E-state index >= 15 is 0 Å². The topological polar surface area (TPSA) is 67.2 Å². The summed E-state index contributed by atoms with van der Waals surface area (Å²) < 4.78 is 15.4. The minimum Gasteiger partial charge on any atom is -0.354 e. The molecule has 0 bridgehead atoms. The number of nitrogens with zero attached hydrogens (tertiary/aromatic N) is 6. The van der Waals surface area contributed by atoms with Crippen LogP contribution in [0.1, 0.15) is 48.1 Å². The van der Waals surface area contributed by atoms with Gasteiger partial charge in [-0.3, -0.25) is 4.79 Å². The second-order valence-corrected chi connectivity index (χ2v) is 10.3. The zero-order chi connectivity index (χ0) is 26.8. The molecule has 1 amide bonds. The molecule has 0 saturated carbocycles. The largest absolute Gasteiger partial charge is 0.354 e. The number of carbonyl (C=O) groups is 1. The van der Waals surface area contributed by atoms with E-state index < -0.39 is 0 Å². The van der Waals surface area contributed by atoms with Crippen molar-refractivity contribution in [3.63, 3.8) is 0 Å². The monoisotopic (exact) mass is 554 g/mol. The maximum absolute atomic E-state index is 13.6. The molecule has 2 aromatic heterocycles. The Morgan fingerprint density at radius 3 is 2.53 bits per heavy atom. The average molecular weight is 555 g/mol. The highest BCUT2D eigenvalue weighted by atomic mass is 35.5. The number of hydrogen-bond donors (Lipinski definition) is 0. The fraction of sp³-hybridized carbons (Fsp3) is 0.357. The van der Waals surface area contributed by atoms with Crippen molar-refractivity contribution in [2.75, 3.05) is 31.1 Å². The molecule has 0 spiro atoms. The van der Waals surface area contributed by atoms with Gasteiger partial charge in [0.1, 0.15) is 17.5 Å². The van der Waals surface area contributed by atoms with Crippen molar-refractivity contribution in [2.45, 2.75) is 39.5 Å². The number of halogens is 3. The van der Waals surface area contributed by atoms with Gasteiger partial charge in [0.2, 0.25) is 0 Å². The molecule has 4 aromatic rings. The van der Waals surface area contributed by atoms with Crippen LogP contribution in [0.5, 0.6) is 0 Å². The van der Waals surface area contributed by atoms with E-state index in [4.69, 9.17) is 38.3 Å². The van der Waals surface area contributed by atoms with E-state index in [-0.39, 0.29) is 11.7 Å². The highest BCUT2D eigenvalue weighted by Gasteiger charge is 2.25. The fourth-order valence-corrected chi connectivity index (χ4v) is 5.09. The molecule has 38 heavy (non-hydrogen) atoms. The van der Waals surface area contributed by atoms with Gasteiger partial charge in [-0.1, -0.05) is 36.5 Å². The normalized spacial score (nSPS) is 14.2. The summed E-state index contributed by atoms with van der Waals surface area (Å²) in [5.74, 6) is 1.22. The number of aryl methyl sites for hydroxylation is 2. The molecule has 1 fully saturated rings. The van der Waals surface area contributed by atoms with Crippen LogP contribution in [0.25, 0.3) is 16.7 Å². The van der Waals surface area contributed by atoms with E-state index in [1.165, 1.54) is 12.1 Å². The fourth-order valence-electron chi connectivity index (χ4n) is 4.79. The van der Waals surface area contributed by atoms with Gasteiger partial charge in [-0.25, -0.2) is 19.0 Å². The second-order valence-electron chi connectivity index (χ2n) is 9.50. The van der Waals surface area contributed by atoms with Crippen LogP contribution in [0.2, 0.25) is 10.0 Å². The SMILES string of the molecule is CCCCc1nc(N2CCCN(C(=O)c3ccc(Cl)c(Cl)c3)CC2)c2c(C)nn(-c3ccc(F)cc3)c2n1. The summed E-state index contributed by atoms with van der Waals surface area (Å²) in [6.07, 6.45) is 3.54. The Morgan fingerprint density at radius 2 is 1.79 bits per heavy atom. The van der Waals surface area contributed by atoms with Crippen LogP contribution in [-0.2, 0) is 6.42 Å². The third-order valence-corrected chi connectivity index (χ3v) is 7.54. The third-order valence-electron chi connectivity index (χ3n) is 6.80. The lowest BCUT2D eigenvalue weighted by Crippen LogP contribution is -2.35. The lowest BCUT2D eigenvalue weighted by atomic mass is 10.2. The van der Waals surface area contributed by atoms with E-state index in [2.05, 4.69) is 11.8 Å². The first kappa shape index (κ1) is 26.4. The van der Waals surface area contributed by atoms with E-state index in [0.717, 1.165) is 60.6 Å². The summed E-state index contributed by atoms with van der Waals surface area (Å²) in [5.41, 5.74) is 2.77. The van der Waals surface area contributed by atoms with Crippen molar-refractivity contribution in [3.8, 4) is 5.69 Å². The van der Waals surface area contributed by atoms with Gasteiger partial charge in [-0.2, -0.15) is 5.10 Å². The minimum atomic E-state index is -0.301. The molecule has 0 N–H and O–H groups in total. The molecule has 0 unspecified atom stereocenters. The molecule has 3 heterocycles. The summed E-state index contributed by atoms with van der Waals surface area (Å²) in [4.78, 5) is 27.2. The number of anilines is 1. The van der Waals surface area contributed by atoms with Gasteiger partial charge in [0.05, 0.1) is 26.8 Å². The maximum atomic E-state index is 13.6. The molecule has 1 aliphatic heterocycles. The number of aromatic nitrogens is 4. The van der Waals surface area contributed by atoms with Gasteiger partial charge in [-0.15, -0.1) is 0 Å². The summed E-state index contributed by atoms with van der Waals surface area (Å²) >= 11 is 12.2. The molecule has 198 valence electrons. The van der Waals surface area contributed by atoms with Gasteiger partial charge >= 0.3 is 0 Å². The Balaban J connectivity index is 1.48. The highest BCUT2D eigenvalue weighted by molar-refractivity contribution is 6.42. The molecular weight excluding hydrogens is 526 g/mol. The van der Waals surface area contributed by atoms with Crippen molar-refractivity contribution in [1.82, 2.24) is 24.6 Å². The number of benzene rings is 2. The standard InChI is InChI=1S/C28H29Cl2FN6O/c1-3-4-6-24-32-26(25-18(2)34-37(27(25)33-24)21-10-8-20(31)9-11-21)35-13-5-14-36(16-15-35)28(38)19-7-12-22(29)23(30)17-19/h7-12,17H,3-6,13-16H2,1-2H3. The number of amides is 1. The number of fused-ring (bicyclic) bond motifs is 1. The molecule has 5 rings (SSSR count). The maximum Gasteiger partial charge on any atom is 0.253 e. The zero-order valence-corrected chi connectivity index (χ0v) is 22.9. The van der Waals surface area contributed by atoms with Gasteiger partial charge < -0.3 is 9.80 Å². The first-order valence-corrected chi connectivity index (χ1v) is 13.6.